The number of methoxy groups -OCH3 is 1. The van der Waals surface area contributed by atoms with Crippen LogP contribution in [0.25, 0.3) is 0 Å². The molecule has 11 heteroatoms. The van der Waals surface area contributed by atoms with Gasteiger partial charge in [0.15, 0.2) is 10.3 Å². The number of hydrogen-bond donors (Lipinski definition) is 2. The summed E-state index contributed by atoms with van der Waals surface area (Å²) in [6.45, 7) is 1.62. The predicted molar refractivity (Wildman–Crippen MR) is 112 cm³/mol. The van der Waals surface area contributed by atoms with E-state index in [1.54, 1.807) is 11.5 Å². The number of thiazole rings is 1. The van der Waals surface area contributed by atoms with Crippen molar-refractivity contribution in [1.82, 2.24) is 19.7 Å². The standard InChI is InChI=1S/C18H20N6O3S2/c1-11-14(15(26)27-2)29-17(20-11)21-13(25)10-24-16(19)22-23-18(24)28-9-8-12-6-4-3-5-7-12/h3-7H,8-10H2,1-2H3,(H2,19,22)(H,20,21,25). The lowest BCUT2D eigenvalue weighted by atomic mass is 10.2. The predicted octanol–water partition coefficient (Wildman–Crippen LogP) is 2.39. The van der Waals surface area contributed by atoms with Crippen LogP contribution in [0, 0.1) is 6.92 Å². The monoisotopic (exact) mass is 432 g/mol. The van der Waals surface area contributed by atoms with Crippen molar-refractivity contribution in [3.63, 3.8) is 0 Å². The number of anilines is 2. The van der Waals surface area contributed by atoms with Gasteiger partial charge in [-0.2, -0.15) is 0 Å². The number of nitrogen functional groups attached to an aromatic ring is 1. The molecule has 2 heterocycles. The van der Waals surface area contributed by atoms with Crippen molar-refractivity contribution >= 4 is 46.1 Å². The highest BCUT2D eigenvalue weighted by molar-refractivity contribution is 7.99. The minimum absolute atomic E-state index is 0.0569. The van der Waals surface area contributed by atoms with Crippen LogP contribution in [0.4, 0.5) is 11.1 Å². The molecule has 0 aliphatic heterocycles. The lowest BCUT2D eigenvalue weighted by molar-refractivity contribution is -0.116. The zero-order chi connectivity index (χ0) is 20.8. The number of esters is 1. The van der Waals surface area contributed by atoms with Gasteiger partial charge in [-0.15, -0.1) is 10.2 Å². The van der Waals surface area contributed by atoms with E-state index in [4.69, 9.17) is 10.5 Å². The van der Waals surface area contributed by atoms with E-state index in [1.165, 1.54) is 24.4 Å². The molecular formula is C18H20N6O3S2. The Bertz CT molecular complexity index is 1000. The van der Waals surface area contributed by atoms with Crippen LogP contribution in [0.1, 0.15) is 20.9 Å². The molecular weight excluding hydrogens is 412 g/mol. The summed E-state index contributed by atoms with van der Waals surface area (Å²) < 4.78 is 6.25. The lowest BCUT2D eigenvalue weighted by Crippen LogP contribution is -2.20. The van der Waals surface area contributed by atoms with E-state index in [9.17, 15) is 9.59 Å². The molecule has 0 aliphatic rings. The maximum absolute atomic E-state index is 12.4. The fraction of sp³-hybridized carbons (Fsp3) is 0.278. The summed E-state index contributed by atoms with van der Waals surface area (Å²) in [6.07, 6.45) is 0.860. The number of thioether (sulfide) groups is 1. The third-order valence-corrected chi connectivity index (χ3v) is 5.95. The molecule has 0 aliphatic carbocycles. The highest BCUT2D eigenvalue weighted by Crippen LogP contribution is 2.24. The van der Waals surface area contributed by atoms with Gasteiger partial charge in [-0.1, -0.05) is 53.4 Å². The van der Waals surface area contributed by atoms with Crippen molar-refractivity contribution in [2.24, 2.45) is 0 Å². The molecule has 0 atom stereocenters. The van der Waals surface area contributed by atoms with Gasteiger partial charge in [-0.3, -0.25) is 9.36 Å². The molecule has 1 amide bonds. The number of amides is 1. The first-order chi connectivity index (χ1) is 14.0. The molecule has 9 nitrogen and oxygen atoms in total. The number of aryl methyl sites for hydroxylation is 2. The van der Waals surface area contributed by atoms with Crippen LogP contribution in [0.15, 0.2) is 35.5 Å². The van der Waals surface area contributed by atoms with E-state index >= 15 is 0 Å². The van der Waals surface area contributed by atoms with E-state index in [2.05, 4.69) is 32.6 Å². The maximum Gasteiger partial charge on any atom is 0.350 e. The third kappa shape index (κ3) is 5.33. The molecule has 0 bridgehead atoms. The van der Waals surface area contributed by atoms with Crippen LogP contribution in [0.2, 0.25) is 0 Å². The molecule has 3 N–H and O–H groups in total. The van der Waals surface area contributed by atoms with Gasteiger partial charge >= 0.3 is 5.97 Å². The summed E-state index contributed by atoms with van der Waals surface area (Å²) >= 11 is 2.54. The molecule has 0 saturated carbocycles. The summed E-state index contributed by atoms with van der Waals surface area (Å²) in [7, 11) is 1.30. The molecule has 0 fully saturated rings. The largest absolute Gasteiger partial charge is 0.465 e. The molecule has 29 heavy (non-hydrogen) atoms. The minimum atomic E-state index is -0.486. The average molecular weight is 433 g/mol. The fourth-order valence-electron chi connectivity index (χ4n) is 2.49. The van der Waals surface area contributed by atoms with E-state index in [0.29, 0.717) is 20.9 Å². The second-order valence-corrected chi connectivity index (χ2v) is 8.05. The Morgan fingerprint density at radius 3 is 2.76 bits per heavy atom. The van der Waals surface area contributed by atoms with Crippen molar-refractivity contribution in [1.29, 1.82) is 0 Å². The highest BCUT2D eigenvalue weighted by Gasteiger charge is 2.18. The number of benzene rings is 1. The Morgan fingerprint density at radius 1 is 1.28 bits per heavy atom. The summed E-state index contributed by atoms with van der Waals surface area (Å²) in [5.74, 6) is 0.109. The second-order valence-electron chi connectivity index (χ2n) is 5.98. The molecule has 3 aromatic rings. The van der Waals surface area contributed by atoms with Gasteiger partial charge in [-0.25, -0.2) is 9.78 Å². The zero-order valence-electron chi connectivity index (χ0n) is 15.9. The average Bonchev–Trinajstić information content (AvgIpc) is 3.25. The fourth-order valence-corrected chi connectivity index (χ4v) is 4.33. The number of carbonyl (C=O) groups excluding carboxylic acids is 2. The Morgan fingerprint density at radius 2 is 2.03 bits per heavy atom. The van der Waals surface area contributed by atoms with Crippen LogP contribution in [-0.2, 0) is 22.5 Å². The number of nitrogens with two attached hydrogens (primary N) is 1. The number of aromatic nitrogens is 4. The SMILES string of the molecule is COC(=O)c1sc(NC(=O)Cn2c(N)nnc2SCCc2ccccc2)nc1C. The third-order valence-electron chi connectivity index (χ3n) is 3.93. The van der Waals surface area contributed by atoms with Gasteiger partial charge < -0.3 is 15.8 Å². The Hall–Kier alpha value is -2.92. The van der Waals surface area contributed by atoms with Crippen molar-refractivity contribution in [2.75, 3.05) is 23.9 Å². The zero-order valence-corrected chi connectivity index (χ0v) is 17.5. The minimum Gasteiger partial charge on any atom is -0.465 e. The van der Waals surface area contributed by atoms with Crippen LogP contribution in [0.3, 0.4) is 0 Å². The van der Waals surface area contributed by atoms with Gasteiger partial charge in [0.25, 0.3) is 0 Å². The number of ether oxygens (including phenoxy) is 1. The first-order valence-corrected chi connectivity index (χ1v) is 10.5. The van der Waals surface area contributed by atoms with Crippen molar-refractivity contribution in [3.8, 4) is 0 Å². The van der Waals surface area contributed by atoms with Crippen LogP contribution >= 0.6 is 23.1 Å². The Balaban J connectivity index is 1.60. The summed E-state index contributed by atoms with van der Waals surface area (Å²) in [6, 6.07) is 10.1. The van der Waals surface area contributed by atoms with Gasteiger partial charge in [0.05, 0.1) is 12.8 Å². The number of nitrogens with one attached hydrogen (secondary N) is 1. The van der Waals surface area contributed by atoms with Crippen LogP contribution in [-0.4, -0.2) is 44.5 Å². The van der Waals surface area contributed by atoms with Gasteiger partial charge in [0.2, 0.25) is 11.9 Å². The Kier molecular flexibility index (Phi) is 6.83. The maximum atomic E-state index is 12.4. The number of rotatable bonds is 8. The quantitative estimate of drug-likeness (QED) is 0.411. The molecule has 0 spiro atoms. The van der Waals surface area contributed by atoms with Crippen molar-refractivity contribution < 1.29 is 14.3 Å². The van der Waals surface area contributed by atoms with E-state index < -0.39 is 5.97 Å². The molecule has 3 rings (SSSR count). The topological polar surface area (TPSA) is 125 Å². The summed E-state index contributed by atoms with van der Waals surface area (Å²) in [4.78, 5) is 28.7. The van der Waals surface area contributed by atoms with E-state index in [0.717, 1.165) is 23.5 Å². The van der Waals surface area contributed by atoms with Crippen molar-refractivity contribution in [2.45, 2.75) is 25.0 Å². The van der Waals surface area contributed by atoms with Crippen LogP contribution in [0.5, 0.6) is 0 Å². The first kappa shape index (κ1) is 20.8. The van der Waals surface area contributed by atoms with Gasteiger partial charge in [-0.05, 0) is 18.9 Å². The molecule has 0 radical (unpaired) electrons. The number of hydrogen-bond acceptors (Lipinski definition) is 9. The number of carbonyl (C=O) groups is 2. The van der Waals surface area contributed by atoms with E-state index in [1.807, 2.05) is 18.2 Å². The second kappa shape index (κ2) is 9.52. The summed E-state index contributed by atoms with van der Waals surface area (Å²) in [5.41, 5.74) is 7.59. The smallest absolute Gasteiger partial charge is 0.350 e. The normalized spacial score (nSPS) is 10.7. The van der Waals surface area contributed by atoms with Gasteiger partial charge in [0, 0.05) is 5.75 Å². The molecule has 1 aromatic carbocycles. The van der Waals surface area contributed by atoms with E-state index in [-0.39, 0.29) is 18.4 Å². The molecule has 0 saturated heterocycles. The Labute approximate surface area is 175 Å². The summed E-state index contributed by atoms with van der Waals surface area (Å²) in [5, 5.41) is 11.5. The molecule has 0 unspecified atom stereocenters. The molecule has 2 aromatic heterocycles. The first-order valence-electron chi connectivity index (χ1n) is 8.69. The highest BCUT2D eigenvalue weighted by atomic mass is 32.2. The van der Waals surface area contributed by atoms with Crippen molar-refractivity contribution in [3.05, 3.63) is 46.5 Å². The van der Waals surface area contributed by atoms with Crippen LogP contribution < -0.4 is 11.1 Å². The molecule has 152 valence electrons. The number of nitrogens with zero attached hydrogens (tertiary/aromatic N) is 4. The van der Waals surface area contributed by atoms with Gasteiger partial charge in [0.1, 0.15) is 11.4 Å². The lowest BCUT2D eigenvalue weighted by Gasteiger charge is -2.07.